The summed E-state index contributed by atoms with van der Waals surface area (Å²) in [4.78, 5) is 22.7. The number of nitrogens with one attached hydrogen (secondary N) is 2. The van der Waals surface area contributed by atoms with Gasteiger partial charge in [0, 0.05) is 0 Å². The zero-order valence-electron chi connectivity index (χ0n) is 13.0. The predicted molar refractivity (Wildman–Crippen MR) is 77.4 cm³/mol. The second-order valence-electron chi connectivity index (χ2n) is 6.09. The van der Waals surface area contributed by atoms with E-state index in [0.29, 0.717) is 17.1 Å². The highest BCUT2D eigenvalue weighted by Crippen LogP contribution is 2.19. The highest BCUT2D eigenvalue weighted by molar-refractivity contribution is 5.89. The molecular weight excluding hydrogens is 315 g/mol. The maximum atomic E-state index is 13.5. The third-order valence-electron chi connectivity index (χ3n) is 2.81. The molecule has 128 valence electrons. The lowest BCUT2D eigenvalue weighted by atomic mass is 10.2. The summed E-state index contributed by atoms with van der Waals surface area (Å²) < 4.78 is 39.8. The summed E-state index contributed by atoms with van der Waals surface area (Å²) in [5, 5.41) is 13.3. The van der Waals surface area contributed by atoms with E-state index >= 15 is 0 Å². The van der Waals surface area contributed by atoms with Gasteiger partial charge >= 0.3 is 12.0 Å². The highest BCUT2D eigenvalue weighted by Gasteiger charge is 2.23. The van der Waals surface area contributed by atoms with Crippen molar-refractivity contribution in [2.24, 2.45) is 0 Å². The van der Waals surface area contributed by atoms with Crippen LogP contribution >= 0.6 is 0 Å². The smallest absolute Gasteiger partial charge is 0.319 e. The van der Waals surface area contributed by atoms with E-state index in [1.165, 1.54) is 0 Å². The molecule has 0 saturated carbocycles. The summed E-state index contributed by atoms with van der Waals surface area (Å²) >= 11 is 0. The van der Waals surface area contributed by atoms with Crippen molar-refractivity contribution in [2.45, 2.75) is 12.5 Å². The first-order valence-electron chi connectivity index (χ1n) is 6.73. The molecule has 0 saturated heterocycles. The number of nitrogens with zero attached hydrogens (tertiary/aromatic N) is 1. The largest absolute Gasteiger partial charge is 0.481 e. The van der Waals surface area contributed by atoms with Gasteiger partial charge in [0.25, 0.3) is 0 Å². The molecule has 0 aliphatic heterocycles. The van der Waals surface area contributed by atoms with Gasteiger partial charge in [-0.1, -0.05) is 0 Å². The van der Waals surface area contributed by atoms with E-state index in [2.05, 4.69) is 5.32 Å². The number of benzene rings is 1. The van der Waals surface area contributed by atoms with Crippen molar-refractivity contribution in [3.8, 4) is 0 Å². The third kappa shape index (κ3) is 6.15. The Morgan fingerprint density at radius 1 is 1.17 bits per heavy atom. The van der Waals surface area contributed by atoms with Crippen LogP contribution in [0.1, 0.15) is 6.42 Å². The van der Waals surface area contributed by atoms with E-state index < -0.39 is 41.2 Å². The predicted octanol–water partition coefficient (Wildman–Crippen LogP) is 1.77. The molecule has 0 spiro atoms. The van der Waals surface area contributed by atoms with Crippen LogP contribution in [0, 0.1) is 17.5 Å². The second-order valence-corrected chi connectivity index (χ2v) is 6.09. The first-order chi connectivity index (χ1) is 10.5. The van der Waals surface area contributed by atoms with Gasteiger partial charge in [0.05, 0.1) is 45.8 Å². The van der Waals surface area contributed by atoms with Crippen LogP contribution in [0.15, 0.2) is 12.1 Å². The van der Waals surface area contributed by atoms with Gasteiger partial charge in [-0.3, -0.25) is 4.79 Å². The fourth-order valence-corrected chi connectivity index (χ4v) is 2.00. The number of carboxylic acids is 1. The number of halogens is 3. The molecule has 6 nitrogen and oxygen atoms in total. The Labute approximate surface area is 131 Å². The Balaban J connectivity index is 2.79. The minimum absolute atomic E-state index is 0.306. The maximum absolute atomic E-state index is 13.5. The Hall–Kier alpha value is -2.29. The summed E-state index contributed by atoms with van der Waals surface area (Å²) in [6.45, 7) is 0.306. The highest BCUT2D eigenvalue weighted by atomic mass is 19.2. The first kappa shape index (κ1) is 18.8. The van der Waals surface area contributed by atoms with Crippen LogP contribution in [-0.4, -0.2) is 55.3 Å². The molecule has 2 amide bonds. The van der Waals surface area contributed by atoms with E-state index in [0.717, 1.165) is 6.07 Å². The number of rotatable bonds is 6. The molecule has 3 N–H and O–H groups in total. The third-order valence-corrected chi connectivity index (χ3v) is 2.81. The molecule has 0 fully saturated rings. The van der Waals surface area contributed by atoms with E-state index in [1.54, 1.807) is 0 Å². The Morgan fingerprint density at radius 3 is 2.30 bits per heavy atom. The quantitative estimate of drug-likeness (QED) is 0.548. The zero-order chi connectivity index (χ0) is 17.8. The fourth-order valence-electron chi connectivity index (χ4n) is 2.00. The van der Waals surface area contributed by atoms with Crippen LogP contribution in [-0.2, 0) is 4.79 Å². The molecule has 1 rings (SSSR count). The maximum Gasteiger partial charge on any atom is 0.319 e. The van der Waals surface area contributed by atoms with E-state index in [4.69, 9.17) is 5.11 Å². The van der Waals surface area contributed by atoms with Gasteiger partial charge in [-0.25, -0.2) is 18.0 Å². The van der Waals surface area contributed by atoms with E-state index in [-0.39, 0.29) is 6.42 Å². The van der Waals surface area contributed by atoms with E-state index in [1.807, 2.05) is 26.5 Å². The van der Waals surface area contributed by atoms with Crippen LogP contribution < -0.4 is 10.6 Å². The molecule has 0 radical (unpaired) electrons. The van der Waals surface area contributed by atoms with Crippen molar-refractivity contribution in [1.29, 1.82) is 0 Å². The zero-order valence-corrected chi connectivity index (χ0v) is 13.0. The minimum atomic E-state index is -1.70. The van der Waals surface area contributed by atoms with Crippen LogP contribution in [0.3, 0.4) is 0 Å². The molecule has 1 atom stereocenters. The van der Waals surface area contributed by atoms with E-state index in [9.17, 15) is 22.8 Å². The lowest BCUT2D eigenvalue weighted by molar-refractivity contribution is -0.871. The molecule has 0 aromatic heterocycles. The molecular formula is C14H19F3N3O3+. The summed E-state index contributed by atoms with van der Waals surface area (Å²) in [7, 11) is 5.43. The Kier molecular flexibility index (Phi) is 5.97. The molecule has 9 heteroatoms. The van der Waals surface area contributed by atoms with Gasteiger partial charge in [-0.2, -0.15) is 0 Å². The number of carbonyl (C=O) groups excluding carboxylic acids is 1. The number of hydrogen-bond acceptors (Lipinski definition) is 2. The number of carboxylic acid groups (broad SMARTS) is 1. The van der Waals surface area contributed by atoms with Crippen molar-refractivity contribution in [1.82, 2.24) is 5.32 Å². The fraction of sp³-hybridized carbons (Fsp3) is 0.429. The first-order valence-corrected chi connectivity index (χ1v) is 6.73. The molecule has 0 aliphatic rings. The van der Waals surface area contributed by atoms with Gasteiger partial charge in [0.15, 0.2) is 17.5 Å². The van der Waals surface area contributed by atoms with Gasteiger partial charge < -0.3 is 20.2 Å². The lowest BCUT2D eigenvalue weighted by Gasteiger charge is -2.29. The van der Waals surface area contributed by atoms with Crippen LogP contribution in [0.25, 0.3) is 0 Å². The van der Waals surface area contributed by atoms with Crippen molar-refractivity contribution in [3.63, 3.8) is 0 Å². The monoisotopic (exact) mass is 334 g/mol. The summed E-state index contributed by atoms with van der Waals surface area (Å²) in [6.07, 6.45) is -0.330. The topological polar surface area (TPSA) is 78.4 Å². The number of quaternary nitrogens is 1. The van der Waals surface area contributed by atoms with Crippen molar-refractivity contribution < 1.29 is 32.3 Å². The second kappa shape index (κ2) is 7.32. The van der Waals surface area contributed by atoms with Crippen molar-refractivity contribution in [3.05, 3.63) is 29.6 Å². The molecule has 0 heterocycles. The summed E-state index contributed by atoms with van der Waals surface area (Å²) in [5.41, 5.74) is -0.541. The van der Waals surface area contributed by atoms with Crippen molar-refractivity contribution in [2.75, 3.05) is 33.0 Å². The normalized spacial score (nSPS) is 12.6. The SMILES string of the molecule is C[N+](C)(C)C[C@@H](CC(=O)O)NC(=O)Nc1ccc(F)c(F)c1F. The number of amides is 2. The van der Waals surface area contributed by atoms with Crippen LogP contribution in [0.5, 0.6) is 0 Å². The van der Waals surface area contributed by atoms with Gasteiger partial charge in [-0.05, 0) is 12.1 Å². The molecule has 0 bridgehead atoms. The minimum Gasteiger partial charge on any atom is -0.481 e. The molecule has 0 aliphatic carbocycles. The number of urea groups is 1. The number of aliphatic carboxylic acids is 1. The van der Waals surface area contributed by atoms with Gasteiger partial charge in [-0.15, -0.1) is 0 Å². The van der Waals surface area contributed by atoms with Crippen molar-refractivity contribution >= 4 is 17.7 Å². The summed E-state index contributed by atoms with van der Waals surface area (Å²) in [6, 6.07) is -0.0794. The number of hydrogen-bond donors (Lipinski definition) is 3. The summed E-state index contributed by atoms with van der Waals surface area (Å²) in [5.74, 6) is -5.71. The van der Waals surface area contributed by atoms with Crippen LogP contribution in [0.2, 0.25) is 0 Å². The Bertz CT molecular complexity index is 603. The van der Waals surface area contributed by atoms with Gasteiger partial charge in [0.1, 0.15) is 0 Å². The van der Waals surface area contributed by atoms with Crippen LogP contribution in [0.4, 0.5) is 23.7 Å². The lowest BCUT2D eigenvalue weighted by Crippen LogP contribution is -2.50. The molecule has 1 aromatic rings. The Morgan fingerprint density at radius 2 is 1.78 bits per heavy atom. The average molecular weight is 334 g/mol. The number of carbonyl (C=O) groups is 2. The average Bonchev–Trinajstić information content (AvgIpc) is 2.36. The standard InChI is InChI=1S/C14H18F3N3O3/c1-20(2,3)7-8(6-11(21)22)18-14(23)19-10-5-4-9(15)12(16)13(10)17/h4-5,8H,6-7H2,1-3H3,(H2-,18,19,21,22,23)/p+1/t8-/m1/s1. The molecule has 1 aromatic carbocycles. The number of likely N-dealkylation sites (N-methyl/N-ethyl adjacent to an activating group) is 1. The number of anilines is 1. The molecule has 0 unspecified atom stereocenters. The van der Waals surface area contributed by atoms with Gasteiger partial charge in [0.2, 0.25) is 0 Å². The molecule has 23 heavy (non-hydrogen) atoms.